The molecule has 1 aliphatic carbocycles. The number of aliphatic hydroxyl groups excluding tert-OH is 1. The zero-order valence-electron chi connectivity index (χ0n) is 7.55. The molecule has 1 N–H and O–H groups in total. The molecule has 1 aliphatic rings. The summed E-state index contributed by atoms with van der Waals surface area (Å²) >= 11 is 0. The smallest absolute Gasteiger partial charge is 0.0542 e. The molecule has 0 saturated heterocycles. The van der Waals surface area contributed by atoms with Crippen molar-refractivity contribution >= 4 is 0 Å². The van der Waals surface area contributed by atoms with Crippen molar-refractivity contribution in [2.75, 3.05) is 0 Å². The Morgan fingerprint density at radius 2 is 2.09 bits per heavy atom. The number of rotatable bonds is 6. The summed E-state index contributed by atoms with van der Waals surface area (Å²) < 4.78 is 0. The molecule has 1 atom stereocenters. The van der Waals surface area contributed by atoms with Crippen molar-refractivity contribution < 1.29 is 5.11 Å². The van der Waals surface area contributed by atoms with Gasteiger partial charge >= 0.3 is 0 Å². The zero-order chi connectivity index (χ0) is 8.10. The van der Waals surface area contributed by atoms with Gasteiger partial charge in [0, 0.05) is 0 Å². The van der Waals surface area contributed by atoms with Crippen LogP contribution in [0.4, 0.5) is 0 Å². The van der Waals surface area contributed by atoms with Crippen LogP contribution in [0.15, 0.2) is 0 Å². The number of unbranched alkanes of at least 4 members (excludes halogenated alkanes) is 2. The molecule has 1 fully saturated rings. The average molecular weight is 156 g/mol. The van der Waals surface area contributed by atoms with Gasteiger partial charge in [0.25, 0.3) is 0 Å². The molecule has 1 nitrogen and oxygen atoms in total. The van der Waals surface area contributed by atoms with Gasteiger partial charge in [0.2, 0.25) is 0 Å². The summed E-state index contributed by atoms with van der Waals surface area (Å²) in [6, 6.07) is 0. The average Bonchev–Trinajstić information content (AvgIpc) is 2.72. The van der Waals surface area contributed by atoms with Crippen molar-refractivity contribution in [1.29, 1.82) is 0 Å². The van der Waals surface area contributed by atoms with Crippen LogP contribution >= 0.6 is 0 Å². The van der Waals surface area contributed by atoms with Crippen LogP contribution in [-0.4, -0.2) is 11.2 Å². The Kier molecular flexibility index (Phi) is 3.92. The van der Waals surface area contributed by atoms with E-state index in [4.69, 9.17) is 0 Å². The molecule has 11 heavy (non-hydrogen) atoms. The van der Waals surface area contributed by atoms with Gasteiger partial charge in [-0.15, -0.1) is 0 Å². The Hall–Kier alpha value is -0.0400. The lowest BCUT2D eigenvalue weighted by molar-refractivity contribution is 0.144. The third-order valence-corrected chi connectivity index (χ3v) is 2.44. The molecule has 0 bridgehead atoms. The lowest BCUT2D eigenvalue weighted by Gasteiger charge is -2.08. The first-order valence-electron chi connectivity index (χ1n) is 5.01. The van der Waals surface area contributed by atoms with E-state index in [0.29, 0.717) is 0 Å². The summed E-state index contributed by atoms with van der Waals surface area (Å²) in [4.78, 5) is 0. The summed E-state index contributed by atoms with van der Waals surface area (Å²) in [6.07, 6.45) is 8.60. The molecule has 0 aromatic heterocycles. The molecular weight excluding hydrogens is 136 g/mol. The Morgan fingerprint density at radius 3 is 2.64 bits per heavy atom. The van der Waals surface area contributed by atoms with Crippen LogP contribution in [0.5, 0.6) is 0 Å². The Morgan fingerprint density at radius 1 is 1.36 bits per heavy atom. The maximum absolute atomic E-state index is 9.49. The predicted octanol–water partition coefficient (Wildman–Crippen LogP) is 2.73. The summed E-state index contributed by atoms with van der Waals surface area (Å²) in [6.45, 7) is 2.20. The summed E-state index contributed by atoms with van der Waals surface area (Å²) in [5, 5.41) is 9.49. The summed E-state index contributed by atoms with van der Waals surface area (Å²) in [7, 11) is 0. The van der Waals surface area contributed by atoms with E-state index in [-0.39, 0.29) is 6.10 Å². The lowest BCUT2D eigenvalue weighted by Crippen LogP contribution is -2.06. The van der Waals surface area contributed by atoms with E-state index in [1.807, 2.05) is 0 Å². The van der Waals surface area contributed by atoms with Gasteiger partial charge in [0.1, 0.15) is 0 Å². The molecule has 1 saturated carbocycles. The van der Waals surface area contributed by atoms with Crippen LogP contribution in [0.3, 0.4) is 0 Å². The van der Waals surface area contributed by atoms with Gasteiger partial charge in [-0.2, -0.15) is 0 Å². The first-order chi connectivity index (χ1) is 5.33. The monoisotopic (exact) mass is 156 g/mol. The molecule has 0 aliphatic heterocycles. The highest BCUT2D eigenvalue weighted by molar-refractivity contribution is 4.76. The van der Waals surface area contributed by atoms with Gasteiger partial charge in [-0.05, 0) is 18.8 Å². The maximum atomic E-state index is 9.49. The van der Waals surface area contributed by atoms with Crippen molar-refractivity contribution in [3.8, 4) is 0 Å². The van der Waals surface area contributed by atoms with E-state index in [1.165, 1.54) is 32.1 Å². The molecule has 1 unspecified atom stereocenters. The summed E-state index contributed by atoms with van der Waals surface area (Å²) in [5.41, 5.74) is 0. The molecule has 0 amide bonds. The van der Waals surface area contributed by atoms with Crippen LogP contribution < -0.4 is 0 Å². The minimum atomic E-state index is 0.00838. The standard InChI is InChI=1S/C10H20O/c1-2-3-4-5-10(11)8-9-6-7-9/h9-11H,2-8H2,1H3. The largest absolute Gasteiger partial charge is 0.393 e. The van der Waals surface area contributed by atoms with Crippen molar-refractivity contribution in [1.82, 2.24) is 0 Å². The molecular formula is C10H20O. The van der Waals surface area contributed by atoms with E-state index < -0.39 is 0 Å². The fourth-order valence-corrected chi connectivity index (χ4v) is 1.49. The first kappa shape index (κ1) is 9.05. The summed E-state index contributed by atoms with van der Waals surface area (Å²) in [5.74, 6) is 0.881. The van der Waals surface area contributed by atoms with E-state index in [9.17, 15) is 5.11 Å². The molecule has 0 radical (unpaired) electrons. The number of hydrogen-bond acceptors (Lipinski definition) is 1. The third kappa shape index (κ3) is 4.41. The molecule has 0 heterocycles. The van der Waals surface area contributed by atoms with Crippen LogP contribution in [-0.2, 0) is 0 Å². The van der Waals surface area contributed by atoms with E-state index in [2.05, 4.69) is 6.92 Å². The molecule has 66 valence electrons. The minimum Gasteiger partial charge on any atom is -0.393 e. The van der Waals surface area contributed by atoms with Gasteiger partial charge in [0.15, 0.2) is 0 Å². The minimum absolute atomic E-state index is 0.00838. The molecule has 0 spiro atoms. The van der Waals surface area contributed by atoms with Gasteiger partial charge in [-0.25, -0.2) is 0 Å². The van der Waals surface area contributed by atoms with Crippen LogP contribution in [0.1, 0.15) is 51.9 Å². The van der Waals surface area contributed by atoms with Crippen molar-refractivity contribution in [3.05, 3.63) is 0 Å². The van der Waals surface area contributed by atoms with Crippen LogP contribution in [0.2, 0.25) is 0 Å². The third-order valence-electron chi connectivity index (χ3n) is 2.44. The normalized spacial score (nSPS) is 20.2. The van der Waals surface area contributed by atoms with Crippen LogP contribution in [0.25, 0.3) is 0 Å². The van der Waals surface area contributed by atoms with Gasteiger partial charge in [-0.1, -0.05) is 39.0 Å². The second-order valence-electron chi connectivity index (χ2n) is 3.83. The van der Waals surface area contributed by atoms with Crippen molar-refractivity contribution in [2.24, 2.45) is 5.92 Å². The Balaban J connectivity index is 1.87. The quantitative estimate of drug-likeness (QED) is 0.586. The second-order valence-corrected chi connectivity index (χ2v) is 3.83. The zero-order valence-corrected chi connectivity index (χ0v) is 7.55. The lowest BCUT2D eigenvalue weighted by atomic mass is 10.1. The number of hydrogen-bond donors (Lipinski definition) is 1. The van der Waals surface area contributed by atoms with Crippen molar-refractivity contribution in [3.63, 3.8) is 0 Å². The topological polar surface area (TPSA) is 20.2 Å². The van der Waals surface area contributed by atoms with Gasteiger partial charge < -0.3 is 5.11 Å². The van der Waals surface area contributed by atoms with E-state index >= 15 is 0 Å². The van der Waals surface area contributed by atoms with E-state index in [0.717, 1.165) is 18.8 Å². The number of aliphatic hydroxyl groups is 1. The van der Waals surface area contributed by atoms with Crippen molar-refractivity contribution in [2.45, 2.75) is 58.0 Å². The maximum Gasteiger partial charge on any atom is 0.0542 e. The molecule has 0 aromatic rings. The SMILES string of the molecule is CCCCCC(O)CC1CC1. The molecule has 0 aromatic carbocycles. The fraction of sp³-hybridized carbons (Fsp3) is 1.00. The Bertz CT molecular complexity index is 97.0. The van der Waals surface area contributed by atoms with Gasteiger partial charge in [-0.3, -0.25) is 0 Å². The van der Waals surface area contributed by atoms with E-state index in [1.54, 1.807) is 0 Å². The molecule has 1 rings (SSSR count). The second kappa shape index (κ2) is 4.76. The highest BCUT2D eigenvalue weighted by atomic mass is 16.3. The predicted molar refractivity (Wildman–Crippen MR) is 47.5 cm³/mol. The highest BCUT2D eigenvalue weighted by Gasteiger charge is 2.23. The van der Waals surface area contributed by atoms with Gasteiger partial charge in [0.05, 0.1) is 6.10 Å². The highest BCUT2D eigenvalue weighted by Crippen LogP contribution is 2.34. The fourth-order valence-electron chi connectivity index (χ4n) is 1.49. The first-order valence-corrected chi connectivity index (χ1v) is 5.01. The Labute approximate surface area is 69.8 Å². The molecule has 1 heteroatoms. The van der Waals surface area contributed by atoms with Crippen LogP contribution in [0, 0.1) is 5.92 Å².